The van der Waals surface area contributed by atoms with E-state index in [2.05, 4.69) is 43.1 Å². The van der Waals surface area contributed by atoms with Crippen LogP contribution in [0.1, 0.15) is 30.7 Å². The summed E-state index contributed by atoms with van der Waals surface area (Å²) in [6.45, 7) is 3.87. The van der Waals surface area contributed by atoms with Crippen molar-refractivity contribution in [2.75, 3.05) is 38.3 Å². The van der Waals surface area contributed by atoms with Gasteiger partial charge in [-0.1, -0.05) is 6.08 Å². The number of nitrogens with zero attached hydrogens (tertiary/aromatic N) is 9. The van der Waals surface area contributed by atoms with Crippen LogP contribution in [-0.4, -0.2) is 81.6 Å². The van der Waals surface area contributed by atoms with Crippen LogP contribution in [0.3, 0.4) is 0 Å². The Bertz CT molecular complexity index is 1490. The molecule has 0 N–H and O–H groups in total. The number of hydrogen-bond donors (Lipinski definition) is 0. The summed E-state index contributed by atoms with van der Waals surface area (Å²) in [4.78, 5) is 23.3. The highest BCUT2D eigenvalue weighted by atomic mass is 16.5. The third kappa shape index (κ3) is 4.45. The number of rotatable bonds is 6. The van der Waals surface area contributed by atoms with Gasteiger partial charge in [-0.05, 0) is 30.1 Å². The number of piperidine rings is 1. The molecular weight excluding hydrogens is 506 g/mol. The van der Waals surface area contributed by atoms with Gasteiger partial charge in [0.1, 0.15) is 5.82 Å². The van der Waals surface area contributed by atoms with E-state index in [0.29, 0.717) is 43.2 Å². The van der Waals surface area contributed by atoms with Crippen LogP contribution >= 0.6 is 0 Å². The Morgan fingerprint density at radius 3 is 2.70 bits per heavy atom. The molecule has 2 aromatic heterocycles. The molecular formula is C29H29N9O2. The number of methoxy groups -OCH3 is 1. The summed E-state index contributed by atoms with van der Waals surface area (Å²) in [5.74, 6) is 1.40. The fraction of sp³-hybridized carbons (Fsp3) is 0.379. The standard InChI is InChI=1S/C29H29N9O2/c1-39-28-14-31-22(11-34-28)16-37-23-9-24(37)18-36(17-23)27-13-32-26(12-33-27)25-8-21(19-3-6-40-7-4-19)15-38-29(25)20(10-30)2-5-35-38/h3,5,8,11-15,23-24H,2,4,6-7,9,16-18H2,1H3. The maximum atomic E-state index is 9.86. The van der Waals surface area contributed by atoms with Crippen molar-refractivity contribution >= 4 is 17.6 Å². The molecule has 0 amide bonds. The molecule has 2 unspecified atom stereocenters. The first-order chi connectivity index (χ1) is 19.7. The second-order valence-electron chi connectivity index (χ2n) is 10.4. The van der Waals surface area contributed by atoms with E-state index in [1.54, 1.807) is 30.7 Å². The van der Waals surface area contributed by atoms with Crippen LogP contribution in [0.15, 0.2) is 70.7 Å². The summed E-state index contributed by atoms with van der Waals surface area (Å²) in [5, 5.41) is 16.2. The van der Waals surface area contributed by atoms with Gasteiger partial charge in [0.25, 0.3) is 0 Å². The average molecular weight is 536 g/mol. The lowest BCUT2D eigenvalue weighted by molar-refractivity contribution is -0.00981. The first-order valence-corrected chi connectivity index (χ1v) is 13.5. The van der Waals surface area contributed by atoms with Crippen molar-refractivity contribution in [2.24, 2.45) is 5.10 Å². The largest absolute Gasteiger partial charge is 0.480 e. The molecule has 8 rings (SSSR count). The quantitative estimate of drug-likeness (QED) is 0.547. The van der Waals surface area contributed by atoms with Crippen LogP contribution in [0.25, 0.3) is 5.57 Å². The Morgan fingerprint density at radius 2 is 2.00 bits per heavy atom. The van der Waals surface area contributed by atoms with E-state index >= 15 is 0 Å². The van der Waals surface area contributed by atoms with Gasteiger partial charge >= 0.3 is 0 Å². The number of aromatic nitrogens is 4. The molecule has 202 valence electrons. The number of nitriles is 1. The smallest absolute Gasteiger partial charge is 0.231 e. The van der Waals surface area contributed by atoms with Crippen LogP contribution < -0.4 is 9.64 Å². The van der Waals surface area contributed by atoms with E-state index in [-0.39, 0.29) is 0 Å². The average Bonchev–Trinajstić information content (AvgIpc) is 3.03. The first kappa shape index (κ1) is 24.6. The Kier molecular flexibility index (Phi) is 6.34. The van der Waals surface area contributed by atoms with Crippen LogP contribution in [0.2, 0.25) is 0 Å². The van der Waals surface area contributed by atoms with Crippen LogP contribution in [0, 0.1) is 11.3 Å². The molecule has 0 aliphatic carbocycles. The fourth-order valence-electron chi connectivity index (χ4n) is 6.02. The lowest BCUT2D eigenvalue weighted by Crippen LogP contribution is -2.68. The molecule has 0 aromatic carbocycles. The molecule has 0 spiro atoms. The number of ether oxygens (including phenoxy) is 2. The van der Waals surface area contributed by atoms with Crippen molar-refractivity contribution < 1.29 is 9.47 Å². The predicted octanol–water partition coefficient (Wildman–Crippen LogP) is 2.84. The highest BCUT2D eigenvalue weighted by molar-refractivity contribution is 5.85. The summed E-state index contributed by atoms with van der Waals surface area (Å²) in [6.07, 6.45) is 17.6. The van der Waals surface area contributed by atoms with E-state index in [1.165, 1.54) is 12.0 Å². The van der Waals surface area contributed by atoms with Crippen molar-refractivity contribution in [3.8, 4) is 11.9 Å². The Hall–Kier alpha value is -4.40. The monoisotopic (exact) mass is 535 g/mol. The minimum Gasteiger partial charge on any atom is -0.480 e. The van der Waals surface area contributed by atoms with Gasteiger partial charge in [-0.25, -0.2) is 15.0 Å². The molecule has 2 aromatic rings. The van der Waals surface area contributed by atoms with E-state index in [1.807, 2.05) is 18.6 Å². The van der Waals surface area contributed by atoms with Crippen molar-refractivity contribution in [1.29, 1.82) is 5.26 Å². The van der Waals surface area contributed by atoms with Crippen molar-refractivity contribution in [3.63, 3.8) is 0 Å². The predicted molar refractivity (Wildman–Crippen MR) is 148 cm³/mol. The zero-order valence-electron chi connectivity index (χ0n) is 22.3. The highest BCUT2D eigenvalue weighted by Crippen LogP contribution is 2.39. The SMILES string of the molecule is COc1cnc(CN2C3CC2CN(c2cnc(C4=CC(C5=CCOCC5)=CN5N=CCC(C#N)=C45)cn2)C3)cn1. The zero-order valence-corrected chi connectivity index (χ0v) is 22.3. The van der Waals surface area contributed by atoms with E-state index in [9.17, 15) is 5.26 Å². The number of hydrogen-bond acceptors (Lipinski definition) is 11. The minimum atomic E-state index is 0.447. The topological polar surface area (TPSA) is 116 Å². The molecule has 11 nitrogen and oxygen atoms in total. The molecule has 6 aliphatic heterocycles. The van der Waals surface area contributed by atoms with Gasteiger partial charge in [-0.2, -0.15) is 10.4 Å². The van der Waals surface area contributed by atoms with Gasteiger partial charge in [-0.3, -0.25) is 14.9 Å². The molecule has 0 radical (unpaired) electrons. The summed E-state index contributed by atoms with van der Waals surface area (Å²) in [6, 6.07) is 3.26. The molecule has 6 aliphatic rings. The third-order valence-electron chi connectivity index (χ3n) is 8.12. The minimum absolute atomic E-state index is 0.447. The van der Waals surface area contributed by atoms with Gasteiger partial charge in [-0.15, -0.1) is 0 Å². The normalized spacial score (nSPS) is 23.9. The first-order valence-electron chi connectivity index (χ1n) is 13.5. The van der Waals surface area contributed by atoms with E-state index in [4.69, 9.17) is 19.4 Å². The highest BCUT2D eigenvalue weighted by Gasteiger charge is 2.45. The summed E-state index contributed by atoms with van der Waals surface area (Å²) >= 11 is 0. The van der Waals surface area contributed by atoms with E-state index < -0.39 is 0 Å². The lowest BCUT2D eigenvalue weighted by atomic mass is 9.87. The molecule has 2 atom stereocenters. The maximum absolute atomic E-state index is 9.86. The van der Waals surface area contributed by atoms with Crippen LogP contribution in [0.5, 0.6) is 5.88 Å². The molecule has 8 heterocycles. The van der Waals surface area contributed by atoms with Gasteiger partial charge < -0.3 is 14.4 Å². The maximum Gasteiger partial charge on any atom is 0.231 e. The van der Waals surface area contributed by atoms with Gasteiger partial charge in [0.05, 0.1) is 73.8 Å². The molecule has 3 saturated heterocycles. The third-order valence-corrected chi connectivity index (χ3v) is 8.12. The molecule has 11 heteroatoms. The number of hydrazone groups is 1. The number of allylic oxidation sites excluding steroid dienone is 4. The summed E-state index contributed by atoms with van der Waals surface area (Å²) < 4.78 is 10.6. The van der Waals surface area contributed by atoms with Crippen molar-refractivity contribution in [2.45, 2.75) is 37.9 Å². The second-order valence-corrected chi connectivity index (χ2v) is 10.4. The second kappa shape index (κ2) is 10.3. The lowest BCUT2D eigenvalue weighted by Gasteiger charge is -2.56. The molecule has 0 saturated carbocycles. The number of anilines is 1. The van der Waals surface area contributed by atoms with Crippen molar-refractivity contribution in [3.05, 3.63) is 76.9 Å². The van der Waals surface area contributed by atoms with Gasteiger partial charge in [0.2, 0.25) is 5.88 Å². The van der Waals surface area contributed by atoms with Gasteiger partial charge in [0.15, 0.2) is 0 Å². The molecule has 40 heavy (non-hydrogen) atoms. The zero-order chi connectivity index (χ0) is 27.1. The summed E-state index contributed by atoms with van der Waals surface area (Å²) in [7, 11) is 1.60. The fourth-order valence-corrected chi connectivity index (χ4v) is 6.02. The molecule has 2 bridgehead atoms. The Labute approximate surface area is 232 Å². The van der Waals surface area contributed by atoms with Crippen LogP contribution in [-0.2, 0) is 11.3 Å². The number of fused-ring (bicyclic) bond motifs is 3. The Balaban J connectivity index is 1.10. The van der Waals surface area contributed by atoms with Crippen LogP contribution in [0.4, 0.5) is 5.82 Å². The van der Waals surface area contributed by atoms with Gasteiger partial charge in [0, 0.05) is 56.1 Å². The van der Waals surface area contributed by atoms with Crippen molar-refractivity contribution in [1.82, 2.24) is 29.8 Å². The van der Waals surface area contributed by atoms with E-state index in [0.717, 1.165) is 60.1 Å². The Morgan fingerprint density at radius 1 is 1.10 bits per heavy atom. The summed E-state index contributed by atoms with van der Waals surface area (Å²) in [5.41, 5.74) is 6.26. The molecule has 3 fully saturated rings. The number of piperazine rings is 1.